The van der Waals surface area contributed by atoms with Crippen LogP contribution in [0.5, 0.6) is 0 Å². The molecule has 1 aromatic rings. The number of hydrogen-bond acceptors (Lipinski definition) is 4. The van der Waals surface area contributed by atoms with Crippen LogP contribution in [0.1, 0.15) is 18.5 Å². The Hall–Kier alpha value is -1.40. The topological polar surface area (TPSA) is 64.3 Å². The Kier molecular flexibility index (Phi) is 3.06. The second kappa shape index (κ2) is 4.61. The number of amides is 1. The van der Waals surface area contributed by atoms with Gasteiger partial charge in [0.2, 0.25) is 5.91 Å². The quantitative estimate of drug-likeness (QED) is 0.776. The molecule has 2 N–H and O–H groups in total. The van der Waals surface area contributed by atoms with Crippen molar-refractivity contribution in [2.45, 2.75) is 31.0 Å². The molecule has 2 saturated heterocycles. The van der Waals surface area contributed by atoms with Crippen LogP contribution in [0.3, 0.4) is 0 Å². The minimum absolute atomic E-state index is 0.105. The molecule has 0 radical (unpaired) electrons. The predicted molar refractivity (Wildman–Crippen MR) is 71.4 cm³/mol. The predicted octanol–water partition coefficient (Wildman–Crippen LogP) is -0.196. The molecule has 104 valence electrons. The number of likely N-dealkylation sites (tertiary alicyclic amines) is 1. The zero-order valence-electron chi connectivity index (χ0n) is 11.5. The summed E-state index contributed by atoms with van der Waals surface area (Å²) in [5.74, 6) is 0.134. The highest BCUT2D eigenvalue weighted by molar-refractivity contribution is 5.85. The van der Waals surface area contributed by atoms with E-state index in [2.05, 4.69) is 39.2 Å². The molecule has 3 rings (SSSR count). The monoisotopic (exact) mass is 263 g/mol. The molecule has 6 nitrogen and oxygen atoms in total. The molecule has 2 aliphatic heterocycles. The van der Waals surface area contributed by atoms with E-state index < -0.39 is 0 Å². The molecule has 0 bridgehead atoms. The van der Waals surface area contributed by atoms with E-state index in [9.17, 15) is 4.79 Å². The van der Waals surface area contributed by atoms with Crippen LogP contribution < -0.4 is 5.32 Å². The van der Waals surface area contributed by atoms with Crippen LogP contribution in [0.25, 0.3) is 0 Å². The molecule has 0 aromatic carbocycles. The molecular weight excluding hydrogens is 242 g/mol. The Labute approximate surface area is 113 Å². The number of likely N-dealkylation sites (N-methyl/N-ethyl adjacent to an activating group) is 1. The number of nitrogens with one attached hydrogen (secondary N) is 2. The van der Waals surface area contributed by atoms with Crippen LogP contribution in [0.2, 0.25) is 0 Å². The fourth-order valence-electron chi connectivity index (χ4n) is 3.17. The molecule has 0 aliphatic carbocycles. The third-order valence-electron chi connectivity index (χ3n) is 4.57. The second-order valence-electron chi connectivity index (χ2n) is 5.72. The van der Waals surface area contributed by atoms with Crippen molar-refractivity contribution in [2.24, 2.45) is 0 Å². The summed E-state index contributed by atoms with van der Waals surface area (Å²) in [5.41, 5.74) is 0.793. The van der Waals surface area contributed by atoms with Crippen LogP contribution >= 0.6 is 0 Å². The molecule has 1 unspecified atom stereocenters. The minimum Gasteiger partial charge on any atom is -0.351 e. The first-order valence-electron chi connectivity index (χ1n) is 6.82. The third-order valence-corrected chi connectivity index (χ3v) is 4.57. The average Bonchev–Trinajstić information content (AvgIpc) is 2.97. The van der Waals surface area contributed by atoms with Gasteiger partial charge in [-0.15, -0.1) is 0 Å². The standard InChI is InChI=1S/C13H21N5O/c1-17-5-3-13(4-6-17)16-12(19)11(18(13)2)7-10-8-14-9-15-10/h8-9,11H,3-7H2,1-2H3,(H,14,15)(H,16,19). The van der Waals surface area contributed by atoms with E-state index in [-0.39, 0.29) is 17.6 Å². The first-order chi connectivity index (χ1) is 9.11. The van der Waals surface area contributed by atoms with E-state index in [0.717, 1.165) is 31.6 Å². The highest BCUT2D eigenvalue weighted by Crippen LogP contribution is 2.32. The van der Waals surface area contributed by atoms with E-state index in [4.69, 9.17) is 0 Å². The molecule has 3 heterocycles. The van der Waals surface area contributed by atoms with Crippen LogP contribution in [0.15, 0.2) is 12.5 Å². The number of carbonyl (C=O) groups is 1. The van der Waals surface area contributed by atoms with Crippen molar-refractivity contribution in [1.82, 2.24) is 25.1 Å². The van der Waals surface area contributed by atoms with Gasteiger partial charge in [-0.05, 0) is 26.9 Å². The Bertz CT molecular complexity index is 450. The van der Waals surface area contributed by atoms with Crippen molar-refractivity contribution >= 4 is 5.91 Å². The van der Waals surface area contributed by atoms with E-state index in [1.807, 2.05) is 6.20 Å². The normalized spacial score (nSPS) is 27.9. The van der Waals surface area contributed by atoms with Crippen molar-refractivity contribution in [3.05, 3.63) is 18.2 Å². The van der Waals surface area contributed by atoms with Gasteiger partial charge in [-0.3, -0.25) is 9.69 Å². The van der Waals surface area contributed by atoms with Crippen LogP contribution in [0.4, 0.5) is 0 Å². The van der Waals surface area contributed by atoms with Gasteiger partial charge in [0.25, 0.3) is 0 Å². The summed E-state index contributed by atoms with van der Waals surface area (Å²) in [6.45, 7) is 2.06. The van der Waals surface area contributed by atoms with Gasteiger partial charge in [0.1, 0.15) is 0 Å². The summed E-state index contributed by atoms with van der Waals surface area (Å²) in [6.07, 6.45) is 6.17. The Morgan fingerprint density at radius 3 is 2.79 bits per heavy atom. The molecule has 1 aromatic heterocycles. The van der Waals surface area contributed by atoms with Gasteiger partial charge < -0.3 is 15.2 Å². The summed E-state index contributed by atoms with van der Waals surface area (Å²) < 4.78 is 0. The third kappa shape index (κ3) is 2.15. The Balaban J connectivity index is 1.75. The number of carbonyl (C=O) groups excluding carboxylic acids is 1. The molecule has 19 heavy (non-hydrogen) atoms. The largest absolute Gasteiger partial charge is 0.351 e. The zero-order chi connectivity index (χ0) is 13.5. The van der Waals surface area contributed by atoms with Gasteiger partial charge in [0, 0.05) is 25.7 Å². The molecule has 6 heteroatoms. The highest BCUT2D eigenvalue weighted by atomic mass is 16.2. The molecule has 0 saturated carbocycles. The fourth-order valence-corrected chi connectivity index (χ4v) is 3.17. The lowest BCUT2D eigenvalue weighted by Crippen LogP contribution is -2.57. The molecule has 1 atom stereocenters. The van der Waals surface area contributed by atoms with Crippen molar-refractivity contribution < 1.29 is 4.79 Å². The van der Waals surface area contributed by atoms with Crippen LogP contribution in [-0.2, 0) is 11.2 Å². The molecule has 2 fully saturated rings. The van der Waals surface area contributed by atoms with E-state index in [1.165, 1.54) is 0 Å². The van der Waals surface area contributed by atoms with Crippen molar-refractivity contribution in [2.75, 3.05) is 27.2 Å². The van der Waals surface area contributed by atoms with Crippen LogP contribution in [0, 0.1) is 0 Å². The average molecular weight is 263 g/mol. The zero-order valence-corrected chi connectivity index (χ0v) is 11.5. The maximum Gasteiger partial charge on any atom is 0.239 e. The first-order valence-corrected chi connectivity index (χ1v) is 6.82. The van der Waals surface area contributed by atoms with Gasteiger partial charge in [-0.1, -0.05) is 0 Å². The number of imidazole rings is 1. The fraction of sp³-hybridized carbons (Fsp3) is 0.692. The van der Waals surface area contributed by atoms with Gasteiger partial charge in [0.05, 0.1) is 23.7 Å². The lowest BCUT2D eigenvalue weighted by atomic mass is 9.96. The second-order valence-corrected chi connectivity index (χ2v) is 5.72. The maximum absolute atomic E-state index is 12.3. The lowest BCUT2D eigenvalue weighted by Gasteiger charge is -2.42. The number of H-pyrrole nitrogens is 1. The summed E-state index contributed by atoms with van der Waals surface area (Å²) in [4.78, 5) is 24.0. The van der Waals surface area contributed by atoms with Gasteiger partial charge >= 0.3 is 0 Å². The summed E-state index contributed by atoms with van der Waals surface area (Å²) in [5, 5.41) is 3.22. The van der Waals surface area contributed by atoms with E-state index in [0.29, 0.717) is 6.42 Å². The number of piperidine rings is 1. The molecule has 1 spiro atoms. The smallest absolute Gasteiger partial charge is 0.239 e. The summed E-state index contributed by atoms with van der Waals surface area (Å²) in [6, 6.07) is -0.105. The molecule has 1 amide bonds. The summed E-state index contributed by atoms with van der Waals surface area (Å²) >= 11 is 0. The van der Waals surface area contributed by atoms with Crippen molar-refractivity contribution in [1.29, 1.82) is 0 Å². The van der Waals surface area contributed by atoms with Gasteiger partial charge in [0.15, 0.2) is 0 Å². The van der Waals surface area contributed by atoms with Gasteiger partial charge in [-0.2, -0.15) is 0 Å². The number of rotatable bonds is 2. The van der Waals surface area contributed by atoms with E-state index in [1.54, 1.807) is 6.33 Å². The lowest BCUT2D eigenvalue weighted by molar-refractivity contribution is -0.121. The minimum atomic E-state index is -0.148. The summed E-state index contributed by atoms with van der Waals surface area (Å²) in [7, 11) is 4.19. The van der Waals surface area contributed by atoms with Crippen LogP contribution in [-0.4, -0.2) is 64.6 Å². The number of nitrogens with zero attached hydrogens (tertiary/aromatic N) is 3. The van der Waals surface area contributed by atoms with Gasteiger partial charge in [-0.25, -0.2) is 4.98 Å². The number of aromatic nitrogens is 2. The highest BCUT2D eigenvalue weighted by Gasteiger charge is 2.49. The van der Waals surface area contributed by atoms with Crippen molar-refractivity contribution in [3.8, 4) is 0 Å². The number of hydrogen-bond donors (Lipinski definition) is 2. The maximum atomic E-state index is 12.3. The van der Waals surface area contributed by atoms with Crippen molar-refractivity contribution in [3.63, 3.8) is 0 Å². The molecular formula is C13H21N5O. The van der Waals surface area contributed by atoms with E-state index >= 15 is 0 Å². The Morgan fingerprint density at radius 2 is 2.16 bits per heavy atom. The number of aromatic amines is 1. The SMILES string of the molecule is CN1CCC2(CC1)NC(=O)C(Cc1c[nH]cn1)N2C. The first kappa shape index (κ1) is 12.6. The molecule has 2 aliphatic rings. The Morgan fingerprint density at radius 1 is 1.42 bits per heavy atom.